The molecule has 4 rings (SSSR count). The fraction of sp³-hybridized carbons (Fsp3) is 0.467. The van der Waals surface area contributed by atoms with Gasteiger partial charge in [-0.1, -0.05) is 71.8 Å². The minimum absolute atomic E-state index is 0.276. The first-order valence-electron chi connectivity index (χ1n) is 13.4. The summed E-state index contributed by atoms with van der Waals surface area (Å²) < 4.78 is 3.00. The molecule has 0 saturated carbocycles. The molecule has 0 radical (unpaired) electrons. The van der Waals surface area contributed by atoms with Crippen LogP contribution in [-0.4, -0.2) is 8.80 Å². The van der Waals surface area contributed by atoms with Crippen molar-refractivity contribution >= 4 is 27.6 Å². The molecule has 186 valence electrons. The average molecular weight is 483 g/mol. The minimum Gasteiger partial charge on any atom is -0.364 e. The van der Waals surface area contributed by atoms with Crippen LogP contribution < -0.4 is 11.1 Å². The summed E-state index contributed by atoms with van der Waals surface area (Å²) in [4.78, 5) is 31.5. The number of rotatable bonds is 12. The van der Waals surface area contributed by atoms with Gasteiger partial charge in [0, 0.05) is 5.56 Å². The summed E-state index contributed by atoms with van der Waals surface area (Å²) in [6, 6.07) is 9.09. The van der Waals surface area contributed by atoms with Gasteiger partial charge in [-0.3, -0.25) is 9.20 Å². The van der Waals surface area contributed by atoms with Crippen LogP contribution in [0.3, 0.4) is 0 Å². The summed E-state index contributed by atoms with van der Waals surface area (Å²) in [6.45, 7) is 12.0. The molecule has 0 bridgehead atoms. The van der Waals surface area contributed by atoms with Crippen LogP contribution in [-0.2, 0) is 12.8 Å². The highest BCUT2D eigenvalue weighted by Gasteiger charge is 2.25. The van der Waals surface area contributed by atoms with E-state index < -0.39 is 0 Å². The molecule has 0 N–H and O–H groups in total. The molecule has 0 fully saturated rings. The number of hydrogen-bond donors (Lipinski definition) is 0. The van der Waals surface area contributed by atoms with E-state index in [4.69, 9.17) is 6.57 Å². The van der Waals surface area contributed by atoms with Gasteiger partial charge in [0.25, 0.3) is 5.56 Å². The van der Waals surface area contributed by atoms with E-state index in [1.165, 1.54) is 21.6 Å². The molecule has 0 amide bonds. The van der Waals surface area contributed by atoms with Crippen molar-refractivity contribution in [1.29, 1.82) is 5.26 Å². The Morgan fingerprint density at radius 3 is 1.78 bits per heavy atom. The molecule has 0 spiro atoms. The second-order valence-electron chi connectivity index (χ2n) is 9.72. The zero-order valence-electron chi connectivity index (χ0n) is 21.4. The van der Waals surface area contributed by atoms with Crippen LogP contribution in [0, 0.1) is 17.9 Å². The molecule has 0 aliphatic heterocycles. The Balaban J connectivity index is 2.01. The Labute approximate surface area is 212 Å². The van der Waals surface area contributed by atoms with Crippen LogP contribution in [0.15, 0.2) is 33.9 Å². The Morgan fingerprint density at radius 1 is 0.750 bits per heavy atom. The Morgan fingerprint density at radius 2 is 1.25 bits per heavy atom. The number of pyridine rings is 2. The largest absolute Gasteiger partial charge is 0.364 e. The summed E-state index contributed by atoms with van der Waals surface area (Å²) in [5.41, 5.74) is 2.63. The summed E-state index contributed by atoms with van der Waals surface area (Å²) in [5.74, 6) is 0.276. The molecule has 0 saturated heterocycles. The van der Waals surface area contributed by atoms with Crippen molar-refractivity contribution in [2.75, 3.05) is 0 Å². The van der Waals surface area contributed by atoms with Gasteiger partial charge in [-0.15, -0.1) is 0 Å². The number of fused-ring (bicyclic) bond motifs is 3. The maximum Gasteiger partial charge on any atom is 0.332 e. The first-order valence-corrected chi connectivity index (χ1v) is 13.4. The van der Waals surface area contributed by atoms with E-state index in [0.717, 1.165) is 62.5 Å². The van der Waals surface area contributed by atoms with Crippen molar-refractivity contribution in [1.82, 2.24) is 8.80 Å². The number of aryl methyl sites for hydroxylation is 2. The number of aromatic nitrogens is 2. The topological polar surface area (TPSA) is 71.1 Å². The van der Waals surface area contributed by atoms with E-state index in [-0.39, 0.29) is 16.9 Å². The molecule has 4 aromatic heterocycles. The van der Waals surface area contributed by atoms with Crippen molar-refractivity contribution in [3.63, 3.8) is 0 Å². The molecule has 0 aliphatic rings. The van der Waals surface area contributed by atoms with Crippen LogP contribution >= 0.6 is 0 Å². The molecule has 36 heavy (non-hydrogen) atoms. The molecule has 0 aromatic carbocycles. The van der Waals surface area contributed by atoms with Crippen molar-refractivity contribution in [3.05, 3.63) is 73.2 Å². The average Bonchev–Trinajstić information content (AvgIpc) is 3.52. The summed E-state index contributed by atoms with van der Waals surface area (Å²) >= 11 is 0. The van der Waals surface area contributed by atoms with Crippen LogP contribution in [0.5, 0.6) is 0 Å². The minimum atomic E-state index is -0.301. The van der Waals surface area contributed by atoms with Crippen molar-refractivity contribution in [3.8, 4) is 6.07 Å². The van der Waals surface area contributed by atoms with Gasteiger partial charge in [-0.25, -0.2) is 9.20 Å². The van der Waals surface area contributed by atoms with Gasteiger partial charge in [0.05, 0.1) is 16.3 Å². The first kappa shape index (κ1) is 25.5. The lowest BCUT2D eigenvalue weighted by Crippen LogP contribution is -2.24. The smallest absolute Gasteiger partial charge is 0.332 e. The lowest BCUT2D eigenvalue weighted by Gasteiger charge is -2.13. The number of nitrogens with zero attached hydrogens (tertiary/aromatic N) is 4. The number of nitriles is 1. The zero-order valence-corrected chi connectivity index (χ0v) is 21.4. The molecule has 4 heterocycles. The summed E-state index contributed by atoms with van der Waals surface area (Å²) in [7, 11) is 0. The van der Waals surface area contributed by atoms with Crippen LogP contribution in [0.2, 0.25) is 0 Å². The van der Waals surface area contributed by atoms with Gasteiger partial charge in [0.15, 0.2) is 0 Å². The first-order chi connectivity index (χ1) is 17.6. The maximum atomic E-state index is 13.9. The van der Waals surface area contributed by atoms with E-state index >= 15 is 0 Å². The van der Waals surface area contributed by atoms with Crippen molar-refractivity contribution < 1.29 is 0 Å². The molecule has 0 atom stereocenters. The Kier molecular flexibility index (Phi) is 8.06. The van der Waals surface area contributed by atoms with Gasteiger partial charge in [-0.05, 0) is 55.5 Å². The molecule has 0 unspecified atom stereocenters. The monoisotopic (exact) mass is 482 g/mol. The van der Waals surface area contributed by atoms with Gasteiger partial charge < -0.3 is 4.85 Å². The molecular weight excluding hydrogens is 448 g/mol. The second kappa shape index (κ2) is 11.4. The van der Waals surface area contributed by atoms with Gasteiger partial charge in [-0.2, -0.15) is 5.26 Å². The standard InChI is InChI=1S/C30H34N4O2/c1-4-6-8-10-12-14-22-24-17-16-21(20-31)33(24)29(35)27-23(15-13-11-9-7-5-2)25-18-19-26(32-3)34(25)30(36)28(22)27/h16-19H,4-15H2,1-2H3. The predicted octanol–water partition coefficient (Wildman–Crippen LogP) is 6.95. The van der Waals surface area contributed by atoms with Gasteiger partial charge in [0.1, 0.15) is 17.3 Å². The number of hydrogen-bond acceptors (Lipinski definition) is 3. The van der Waals surface area contributed by atoms with Gasteiger partial charge >= 0.3 is 5.56 Å². The zero-order chi connectivity index (χ0) is 25.7. The Hall–Kier alpha value is -3.64. The highest BCUT2D eigenvalue weighted by Crippen LogP contribution is 2.30. The fourth-order valence-electron chi connectivity index (χ4n) is 5.51. The predicted molar refractivity (Wildman–Crippen MR) is 145 cm³/mol. The van der Waals surface area contributed by atoms with Crippen LogP contribution in [0.4, 0.5) is 5.82 Å². The Bertz CT molecular complexity index is 1460. The third-order valence-corrected chi connectivity index (χ3v) is 7.34. The fourth-order valence-corrected chi connectivity index (χ4v) is 5.51. The van der Waals surface area contributed by atoms with Crippen LogP contribution in [0.1, 0.15) is 94.9 Å². The molecule has 4 aromatic rings. The number of unbranched alkanes of at least 4 members (excludes halogenated alkanes) is 8. The quantitative estimate of drug-likeness (QED) is 0.162. The van der Waals surface area contributed by atoms with E-state index in [1.54, 1.807) is 24.3 Å². The third-order valence-electron chi connectivity index (χ3n) is 7.34. The van der Waals surface area contributed by atoms with E-state index in [9.17, 15) is 14.9 Å². The normalized spacial score (nSPS) is 11.4. The molecular formula is C30H34N4O2. The maximum absolute atomic E-state index is 13.9. The lowest BCUT2D eigenvalue weighted by molar-refractivity contribution is 0.632. The van der Waals surface area contributed by atoms with Crippen molar-refractivity contribution in [2.24, 2.45) is 0 Å². The van der Waals surface area contributed by atoms with E-state index in [1.807, 2.05) is 0 Å². The molecule has 0 aliphatic carbocycles. The SMILES string of the molecule is [C-]#[N+]c1ccc2c(CCCCCCC)c3c(=O)n4c(C#N)ccc4c(CCCCCCC)c3c(=O)n12. The van der Waals surface area contributed by atoms with Crippen LogP contribution in [0.25, 0.3) is 26.7 Å². The molecule has 6 nitrogen and oxygen atoms in total. The summed E-state index contributed by atoms with van der Waals surface area (Å²) in [5, 5.41) is 10.6. The molecule has 6 heteroatoms. The van der Waals surface area contributed by atoms with E-state index in [2.05, 4.69) is 24.8 Å². The summed E-state index contributed by atoms with van der Waals surface area (Å²) in [6.07, 6.45) is 12.1. The van der Waals surface area contributed by atoms with Gasteiger partial charge in [0.2, 0.25) is 5.82 Å². The van der Waals surface area contributed by atoms with E-state index in [0.29, 0.717) is 40.3 Å². The second-order valence-corrected chi connectivity index (χ2v) is 9.72. The highest BCUT2D eigenvalue weighted by molar-refractivity contribution is 5.96. The lowest BCUT2D eigenvalue weighted by atomic mass is 9.95. The highest BCUT2D eigenvalue weighted by atomic mass is 16.1. The van der Waals surface area contributed by atoms with Crippen molar-refractivity contribution in [2.45, 2.75) is 90.9 Å². The third kappa shape index (κ3) is 4.49.